The molecule has 0 aliphatic heterocycles. The van der Waals surface area contributed by atoms with E-state index in [2.05, 4.69) is 50.1 Å². The van der Waals surface area contributed by atoms with Crippen molar-refractivity contribution in [3.8, 4) is 0 Å². The molecular formula is C15H30N4S. The second-order valence-corrected chi connectivity index (χ2v) is 6.83. The Morgan fingerprint density at radius 2 is 2.00 bits per heavy atom. The average molecular weight is 298 g/mol. The summed E-state index contributed by atoms with van der Waals surface area (Å²) in [5.41, 5.74) is 4.05. The lowest BCUT2D eigenvalue weighted by Crippen LogP contribution is -2.39. The number of hydrogen-bond acceptors (Lipinski definition) is 4. The van der Waals surface area contributed by atoms with Gasteiger partial charge in [-0.25, -0.2) is 0 Å². The molecule has 0 aliphatic carbocycles. The molecule has 0 bridgehead atoms. The molecule has 0 saturated carbocycles. The SMILES string of the molecule is CCC(CC)n1ccc(CC(CSCC(C)C)NN)n1. The summed E-state index contributed by atoms with van der Waals surface area (Å²) < 4.78 is 2.10. The Balaban J connectivity index is 2.49. The van der Waals surface area contributed by atoms with E-state index in [0.29, 0.717) is 12.1 Å². The number of thioether (sulfide) groups is 1. The van der Waals surface area contributed by atoms with Crippen molar-refractivity contribution in [3.63, 3.8) is 0 Å². The van der Waals surface area contributed by atoms with Crippen LogP contribution in [0.5, 0.6) is 0 Å². The minimum atomic E-state index is 0.295. The second-order valence-electron chi connectivity index (χ2n) is 5.76. The van der Waals surface area contributed by atoms with Gasteiger partial charge in [-0.05, 0) is 30.6 Å². The molecule has 0 saturated heterocycles. The van der Waals surface area contributed by atoms with Crippen LogP contribution in [-0.2, 0) is 6.42 Å². The van der Waals surface area contributed by atoms with E-state index in [0.717, 1.165) is 36.6 Å². The summed E-state index contributed by atoms with van der Waals surface area (Å²) >= 11 is 1.96. The average Bonchev–Trinajstić information content (AvgIpc) is 2.87. The Morgan fingerprint density at radius 1 is 1.30 bits per heavy atom. The van der Waals surface area contributed by atoms with E-state index in [9.17, 15) is 0 Å². The van der Waals surface area contributed by atoms with Crippen LogP contribution in [0.25, 0.3) is 0 Å². The number of nitrogens with one attached hydrogen (secondary N) is 1. The first-order chi connectivity index (χ1) is 9.60. The van der Waals surface area contributed by atoms with Crippen molar-refractivity contribution in [1.29, 1.82) is 0 Å². The van der Waals surface area contributed by atoms with Crippen molar-refractivity contribution in [2.45, 2.75) is 59.0 Å². The van der Waals surface area contributed by atoms with E-state index in [1.54, 1.807) is 0 Å². The third-order valence-electron chi connectivity index (χ3n) is 3.44. The first kappa shape index (κ1) is 17.5. The van der Waals surface area contributed by atoms with Gasteiger partial charge < -0.3 is 0 Å². The van der Waals surface area contributed by atoms with Crippen LogP contribution in [0.15, 0.2) is 12.3 Å². The molecule has 0 amide bonds. The first-order valence-electron chi connectivity index (χ1n) is 7.68. The predicted octanol–water partition coefficient (Wildman–Crippen LogP) is 3.01. The molecule has 0 spiro atoms. The number of aromatic nitrogens is 2. The fraction of sp³-hybridized carbons (Fsp3) is 0.800. The van der Waals surface area contributed by atoms with Crippen LogP contribution in [0.3, 0.4) is 0 Å². The van der Waals surface area contributed by atoms with Gasteiger partial charge in [0, 0.05) is 24.4 Å². The van der Waals surface area contributed by atoms with Gasteiger partial charge in [-0.3, -0.25) is 16.0 Å². The van der Waals surface area contributed by atoms with Gasteiger partial charge in [0.1, 0.15) is 0 Å². The molecule has 3 N–H and O–H groups in total. The highest BCUT2D eigenvalue weighted by molar-refractivity contribution is 7.99. The lowest BCUT2D eigenvalue weighted by Gasteiger charge is -2.15. The fourth-order valence-electron chi connectivity index (χ4n) is 2.22. The zero-order chi connectivity index (χ0) is 15.0. The third kappa shape index (κ3) is 5.85. The molecule has 0 fully saturated rings. The maximum absolute atomic E-state index is 5.66. The third-order valence-corrected chi connectivity index (χ3v) is 4.98. The number of nitrogens with two attached hydrogens (primary N) is 1. The van der Waals surface area contributed by atoms with Crippen molar-refractivity contribution in [2.24, 2.45) is 11.8 Å². The van der Waals surface area contributed by atoms with Crippen LogP contribution >= 0.6 is 11.8 Å². The second kappa shape index (κ2) is 9.42. The van der Waals surface area contributed by atoms with E-state index in [1.165, 1.54) is 5.75 Å². The Kier molecular flexibility index (Phi) is 8.26. The van der Waals surface area contributed by atoms with Gasteiger partial charge >= 0.3 is 0 Å². The summed E-state index contributed by atoms with van der Waals surface area (Å²) in [5, 5.41) is 4.70. The molecule has 5 heteroatoms. The van der Waals surface area contributed by atoms with E-state index in [1.807, 2.05) is 11.8 Å². The van der Waals surface area contributed by atoms with Crippen molar-refractivity contribution in [2.75, 3.05) is 11.5 Å². The molecule has 0 radical (unpaired) electrons. The molecule has 20 heavy (non-hydrogen) atoms. The number of hydrazine groups is 1. The smallest absolute Gasteiger partial charge is 0.0641 e. The molecule has 1 rings (SSSR count). The van der Waals surface area contributed by atoms with Crippen LogP contribution < -0.4 is 11.3 Å². The fourth-order valence-corrected chi connectivity index (χ4v) is 3.32. The molecule has 1 aromatic heterocycles. The standard InChI is InChI=1S/C15H30N4S/c1-5-15(6-2)19-8-7-13(18-19)9-14(17-16)11-20-10-12(3)4/h7-8,12,14-15,17H,5-6,9-11,16H2,1-4H3. The highest BCUT2D eigenvalue weighted by atomic mass is 32.2. The summed E-state index contributed by atoms with van der Waals surface area (Å²) in [6.07, 6.45) is 5.25. The summed E-state index contributed by atoms with van der Waals surface area (Å²) in [4.78, 5) is 0. The van der Waals surface area contributed by atoms with E-state index >= 15 is 0 Å². The highest BCUT2D eigenvalue weighted by Gasteiger charge is 2.12. The van der Waals surface area contributed by atoms with Crippen LogP contribution in [0, 0.1) is 5.92 Å². The van der Waals surface area contributed by atoms with Crippen LogP contribution in [0.1, 0.15) is 52.3 Å². The molecule has 1 unspecified atom stereocenters. The molecule has 1 heterocycles. The van der Waals surface area contributed by atoms with Crippen LogP contribution in [0.4, 0.5) is 0 Å². The molecule has 0 aliphatic rings. The summed E-state index contributed by atoms with van der Waals surface area (Å²) in [6.45, 7) is 8.91. The van der Waals surface area contributed by atoms with Gasteiger partial charge in [0.2, 0.25) is 0 Å². The van der Waals surface area contributed by atoms with E-state index in [-0.39, 0.29) is 0 Å². The molecule has 1 aromatic rings. The maximum Gasteiger partial charge on any atom is 0.0641 e. The van der Waals surface area contributed by atoms with Crippen molar-refractivity contribution >= 4 is 11.8 Å². The monoisotopic (exact) mass is 298 g/mol. The largest absolute Gasteiger partial charge is 0.271 e. The first-order valence-corrected chi connectivity index (χ1v) is 8.84. The Hall–Kier alpha value is -0.520. The summed E-state index contributed by atoms with van der Waals surface area (Å²) in [6, 6.07) is 2.93. The van der Waals surface area contributed by atoms with Gasteiger partial charge in [-0.1, -0.05) is 27.7 Å². The van der Waals surface area contributed by atoms with Gasteiger partial charge in [0.05, 0.1) is 11.7 Å². The molecule has 116 valence electrons. The lowest BCUT2D eigenvalue weighted by molar-refractivity contribution is 0.423. The van der Waals surface area contributed by atoms with Gasteiger partial charge in [-0.2, -0.15) is 16.9 Å². The van der Waals surface area contributed by atoms with Crippen LogP contribution in [-0.4, -0.2) is 27.3 Å². The van der Waals surface area contributed by atoms with Crippen molar-refractivity contribution < 1.29 is 0 Å². The Bertz CT molecular complexity index is 361. The zero-order valence-electron chi connectivity index (χ0n) is 13.3. The lowest BCUT2D eigenvalue weighted by atomic mass is 10.2. The Labute approximate surface area is 127 Å². The minimum absolute atomic E-state index is 0.295. The van der Waals surface area contributed by atoms with E-state index in [4.69, 9.17) is 10.9 Å². The quantitative estimate of drug-likeness (QED) is 0.515. The maximum atomic E-state index is 5.66. The molecular weight excluding hydrogens is 268 g/mol. The number of nitrogens with zero attached hydrogens (tertiary/aromatic N) is 2. The normalized spacial score (nSPS) is 13.3. The molecule has 1 atom stereocenters. The van der Waals surface area contributed by atoms with Gasteiger partial charge in [0.15, 0.2) is 0 Å². The molecule has 0 aromatic carbocycles. The topological polar surface area (TPSA) is 55.9 Å². The van der Waals surface area contributed by atoms with Gasteiger partial charge in [-0.15, -0.1) is 0 Å². The van der Waals surface area contributed by atoms with Crippen LogP contribution in [0.2, 0.25) is 0 Å². The minimum Gasteiger partial charge on any atom is -0.271 e. The predicted molar refractivity (Wildman–Crippen MR) is 88.8 cm³/mol. The summed E-state index contributed by atoms with van der Waals surface area (Å²) in [5.74, 6) is 8.60. The summed E-state index contributed by atoms with van der Waals surface area (Å²) in [7, 11) is 0. The number of rotatable bonds is 10. The Morgan fingerprint density at radius 3 is 2.55 bits per heavy atom. The zero-order valence-corrected chi connectivity index (χ0v) is 14.1. The van der Waals surface area contributed by atoms with Gasteiger partial charge in [0.25, 0.3) is 0 Å². The highest BCUT2D eigenvalue weighted by Crippen LogP contribution is 2.16. The van der Waals surface area contributed by atoms with Crippen molar-refractivity contribution in [1.82, 2.24) is 15.2 Å². The number of hydrogen-bond donors (Lipinski definition) is 2. The van der Waals surface area contributed by atoms with Crippen molar-refractivity contribution in [3.05, 3.63) is 18.0 Å². The van der Waals surface area contributed by atoms with E-state index < -0.39 is 0 Å². The molecule has 4 nitrogen and oxygen atoms in total.